The Morgan fingerprint density at radius 3 is 2.67 bits per heavy atom. The Morgan fingerprint density at radius 1 is 1.58 bits per heavy atom. The fourth-order valence-corrected chi connectivity index (χ4v) is 0.692. The Morgan fingerprint density at radius 2 is 2.25 bits per heavy atom. The number of hydrogen-bond donors (Lipinski definition) is 1. The fraction of sp³-hybridized carbons (Fsp3) is 0.857. The van der Waals surface area contributed by atoms with E-state index in [0.29, 0.717) is 6.54 Å². The molecular formula is C7H15N3O2. The molecule has 0 bridgehead atoms. The van der Waals surface area contributed by atoms with Gasteiger partial charge in [0, 0.05) is 13.5 Å². The molecule has 0 aliphatic heterocycles. The van der Waals surface area contributed by atoms with E-state index >= 15 is 0 Å². The van der Waals surface area contributed by atoms with E-state index < -0.39 is 0 Å². The molecule has 0 saturated carbocycles. The van der Waals surface area contributed by atoms with Gasteiger partial charge in [-0.1, -0.05) is 13.3 Å². The lowest BCUT2D eigenvalue weighted by atomic mass is 10.3. The molecule has 0 aromatic carbocycles. The highest BCUT2D eigenvalue weighted by atomic mass is 16.3. The molecule has 0 radical (unpaired) electrons. The third-order valence-electron chi connectivity index (χ3n) is 1.40. The summed E-state index contributed by atoms with van der Waals surface area (Å²) in [6, 6.07) is 0. The van der Waals surface area contributed by atoms with E-state index in [1.807, 2.05) is 6.92 Å². The predicted molar refractivity (Wildman–Crippen MR) is 46.1 cm³/mol. The van der Waals surface area contributed by atoms with Crippen LogP contribution in [-0.2, 0) is 4.79 Å². The molecule has 5 heteroatoms. The molecule has 0 aromatic heterocycles. The molecule has 0 rings (SSSR count). The predicted octanol–water partition coefficient (Wildman–Crippen LogP) is 0.863. The quantitative estimate of drug-likeness (QED) is 0.368. The van der Waals surface area contributed by atoms with Crippen LogP contribution in [0.2, 0.25) is 0 Å². The molecule has 0 unspecified atom stereocenters. The molecule has 0 atom stereocenters. The standard InChI is InChI=1S/C7H15N3O2/c1-3-4-5-10(9-12)6-8-7(2)11/h3-6H2,1-2H3,(H,8,11). The average molecular weight is 173 g/mol. The zero-order chi connectivity index (χ0) is 9.40. The van der Waals surface area contributed by atoms with Crippen molar-refractivity contribution in [1.29, 1.82) is 0 Å². The van der Waals surface area contributed by atoms with Gasteiger partial charge in [-0.25, -0.2) is 5.01 Å². The van der Waals surface area contributed by atoms with Crippen LogP contribution in [0.5, 0.6) is 0 Å². The van der Waals surface area contributed by atoms with Gasteiger partial charge in [0.15, 0.2) is 0 Å². The summed E-state index contributed by atoms with van der Waals surface area (Å²) in [5.74, 6) is -0.153. The molecule has 0 fully saturated rings. The second-order valence-corrected chi connectivity index (χ2v) is 2.56. The zero-order valence-corrected chi connectivity index (χ0v) is 7.54. The van der Waals surface area contributed by atoms with Gasteiger partial charge in [-0.2, -0.15) is 0 Å². The maximum Gasteiger partial charge on any atom is 0.218 e. The Labute approximate surface area is 72.1 Å². The van der Waals surface area contributed by atoms with E-state index in [4.69, 9.17) is 0 Å². The van der Waals surface area contributed by atoms with Crippen LogP contribution >= 0.6 is 0 Å². The third-order valence-corrected chi connectivity index (χ3v) is 1.40. The second-order valence-electron chi connectivity index (χ2n) is 2.56. The zero-order valence-electron chi connectivity index (χ0n) is 7.54. The number of nitroso groups, excluding NO2 is 1. The third kappa shape index (κ3) is 5.64. The number of carbonyl (C=O) groups is 1. The summed E-state index contributed by atoms with van der Waals surface area (Å²) in [7, 11) is 0. The van der Waals surface area contributed by atoms with Crippen molar-refractivity contribution in [1.82, 2.24) is 10.3 Å². The van der Waals surface area contributed by atoms with Gasteiger partial charge < -0.3 is 5.32 Å². The van der Waals surface area contributed by atoms with E-state index in [1.165, 1.54) is 11.9 Å². The molecule has 0 saturated heterocycles. The highest BCUT2D eigenvalue weighted by Gasteiger charge is 2.01. The van der Waals surface area contributed by atoms with E-state index in [1.54, 1.807) is 0 Å². The maximum atomic E-state index is 10.5. The lowest BCUT2D eigenvalue weighted by Crippen LogP contribution is -2.33. The highest BCUT2D eigenvalue weighted by Crippen LogP contribution is 1.93. The van der Waals surface area contributed by atoms with Crippen molar-refractivity contribution in [2.75, 3.05) is 13.2 Å². The first-order chi connectivity index (χ1) is 5.70. The van der Waals surface area contributed by atoms with Crippen molar-refractivity contribution in [3.05, 3.63) is 4.91 Å². The van der Waals surface area contributed by atoms with Crippen molar-refractivity contribution in [3.8, 4) is 0 Å². The average Bonchev–Trinajstić information content (AvgIpc) is 2.05. The molecule has 5 nitrogen and oxygen atoms in total. The Bertz CT molecular complexity index is 150. The van der Waals surface area contributed by atoms with Crippen molar-refractivity contribution < 1.29 is 4.79 Å². The van der Waals surface area contributed by atoms with E-state index in [9.17, 15) is 9.70 Å². The minimum Gasteiger partial charge on any atom is -0.337 e. The molecular weight excluding hydrogens is 158 g/mol. The largest absolute Gasteiger partial charge is 0.337 e. The van der Waals surface area contributed by atoms with Crippen molar-refractivity contribution in [3.63, 3.8) is 0 Å². The van der Waals surface area contributed by atoms with Crippen LogP contribution in [0.15, 0.2) is 5.29 Å². The lowest BCUT2D eigenvalue weighted by molar-refractivity contribution is -0.119. The normalized spacial score (nSPS) is 9.17. The van der Waals surface area contributed by atoms with Crippen LogP contribution in [-0.4, -0.2) is 24.1 Å². The van der Waals surface area contributed by atoms with Crippen molar-refractivity contribution in [2.24, 2.45) is 5.29 Å². The molecule has 0 aliphatic carbocycles. The summed E-state index contributed by atoms with van der Waals surface area (Å²) >= 11 is 0. The maximum absolute atomic E-state index is 10.5. The Hall–Kier alpha value is -1.13. The number of carbonyl (C=O) groups excluding carboxylic acids is 1. The van der Waals surface area contributed by atoms with Crippen LogP contribution < -0.4 is 5.32 Å². The minimum absolute atomic E-state index is 0.153. The van der Waals surface area contributed by atoms with Crippen LogP contribution in [0, 0.1) is 4.91 Å². The molecule has 0 spiro atoms. The van der Waals surface area contributed by atoms with Crippen LogP contribution in [0.4, 0.5) is 0 Å². The number of hydrogen-bond acceptors (Lipinski definition) is 3. The summed E-state index contributed by atoms with van der Waals surface area (Å²) in [5.41, 5.74) is 0. The number of amides is 1. The summed E-state index contributed by atoms with van der Waals surface area (Å²) < 4.78 is 0. The second kappa shape index (κ2) is 6.57. The summed E-state index contributed by atoms with van der Waals surface area (Å²) in [4.78, 5) is 20.6. The van der Waals surface area contributed by atoms with E-state index in [2.05, 4.69) is 10.6 Å². The monoisotopic (exact) mass is 173 g/mol. The Balaban J connectivity index is 3.52. The van der Waals surface area contributed by atoms with Gasteiger partial charge in [0.2, 0.25) is 5.91 Å². The molecule has 1 amide bonds. The van der Waals surface area contributed by atoms with E-state index in [-0.39, 0.29) is 12.6 Å². The first-order valence-corrected chi connectivity index (χ1v) is 4.03. The molecule has 12 heavy (non-hydrogen) atoms. The molecule has 70 valence electrons. The minimum atomic E-state index is -0.153. The lowest BCUT2D eigenvalue weighted by Gasteiger charge is -2.14. The number of rotatable bonds is 6. The van der Waals surface area contributed by atoms with E-state index in [0.717, 1.165) is 12.8 Å². The summed E-state index contributed by atoms with van der Waals surface area (Å²) in [6.07, 6.45) is 1.91. The van der Waals surface area contributed by atoms with Gasteiger partial charge in [0.05, 0.1) is 5.29 Å². The molecule has 0 aromatic rings. The smallest absolute Gasteiger partial charge is 0.218 e. The van der Waals surface area contributed by atoms with Crippen molar-refractivity contribution >= 4 is 5.91 Å². The van der Waals surface area contributed by atoms with Crippen LogP contribution in [0.3, 0.4) is 0 Å². The van der Waals surface area contributed by atoms with Crippen molar-refractivity contribution in [2.45, 2.75) is 26.7 Å². The van der Waals surface area contributed by atoms with Gasteiger partial charge >= 0.3 is 0 Å². The van der Waals surface area contributed by atoms with Gasteiger partial charge in [0.1, 0.15) is 6.67 Å². The summed E-state index contributed by atoms with van der Waals surface area (Å²) in [5, 5.41) is 6.56. The molecule has 0 heterocycles. The SMILES string of the molecule is CCCCN(CNC(C)=O)N=O. The number of unbranched alkanes of at least 4 members (excludes halogenated alkanes) is 1. The van der Waals surface area contributed by atoms with Gasteiger partial charge in [-0.05, 0) is 6.42 Å². The van der Waals surface area contributed by atoms with Crippen LogP contribution in [0.1, 0.15) is 26.7 Å². The summed E-state index contributed by atoms with van der Waals surface area (Å²) in [6.45, 7) is 4.24. The molecule has 0 aliphatic rings. The van der Waals surface area contributed by atoms with Gasteiger partial charge in [0.25, 0.3) is 0 Å². The topological polar surface area (TPSA) is 61.8 Å². The fourth-order valence-electron chi connectivity index (χ4n) is 0.692. The highest BCUT2D eigenvalue weighted by molar-refractivity contribution is 5.72. The first kappa shape index (κ1) is 10.9. The van der Waals surface area contributed by atoms with Gasteiger partial charge in [-0.3, -0.25) is 4.79 Å². The first-order valence-electron chi connectivity index (χ1n) is 4.03. The molecule has 1 N–H and O–H groups in total. The number of nitrogens with zero attached hydrogens (tertiary/aromatic N) is 2. The van der Waals surface area contributed by atoms with Crippen LogP contribution in [0.25, 0.3) is 0 Å². The van der Waals surface area contributed by atoms with Gasteiger partial charge in [-0.15, -0.1) is 4.91 Å². The number of nitrogens with one attached hydrogen (secondary N) is 1. The Kier molecular flexibility index (Phi) is 5.95.